The van der Waals surface area contributed by atoms with E-state index in [2.05, 4.69) is 13.0 Å². The molecular formula is C26H32O6. The van der Waals surface area contributed by atoms with Crippen molar-refractivity contribution in [2.24, 2.45) is 16.7 Å². The molecule has 6 heteroatoms. The Morgan fingerprint density at radius 3 is 2.44 bits per heavy atom. The summed E-state index contributed by atoms with van der Waals surface area (Å²) < 4.78 is 17.3. The number of carbonyl (C=O) groups is 3. The lowest BCUT2D eigenvalue weighted by atomic mass is 9.48. The van der Waals surface area contributed by atoms with Crippen molar-refractivity contribution in [1.29, 1.82) is 0 Å². The number of rotatable bonds is 3. The molecular weight excluding hydrogens is 408 g/mol. The Morgan fingerprint density at radius 2 is 1.75 bits per heavy atom. The second kappa shape index (κ2) is 7.06. The van der Waals surface area contributed by atoms with Crippen LogP contribution in [0.25, 0.3) is 0 Å². The first-order valence-corrected chi connectivity index (χ1v) is 11.8. The van der Waals surface area contributed by atoms with Crippen LogP contribution in [0.4, 0.5) is 0 Å². The van der Waals surface area contributed by atoms with Crippen molar-refractivity contribution >= 4 is 17.9 Å². The van der Waals surface area contributed by atoms with Crippen LogP contribution < -0.4 is 4.74 Å². The highest BCUT2D eigenvalue weighted by atomic mass is 16.6. The third-order valence-electron chi connectivity index (χ3n) is 9.33. The zero-order valence-electron chi connectivity index (χ0n) is 19.4. The summed E-state index contributed by atoms with van der Waals surface area (Å²) in [5.74, 6) is 0.568. The van der Waals surface area contributed by atoms with Gasteiger partial charge in [0, 0.05) is 26.2 Å². The topological polar surface area (TPSA) is 78.9 Å². The number of aryl methyl sites for hydroxylation is 1. The van der Waals surface area contributed by atoms with E-state index in [1.165, 1.54) is 31.9 Å². The monoisotopic (exact) mass is 440 g/mol. The molecule has 5 rings (SSSR count). The standard InChI is InChI=1S/C26H32O6/c1-15(27)30-19-6-7-20-18(13-19)5-8-22-21(20)9-10-24(4)25(22)11-12-26(24,32-17(3)29)23(14-25)31-16(2)28/h6-7,13,21-23H,5,8-12,14H2,1-4H3/t21-,22-,23+,24+,25+,26-/m1/s1. The van der Waals surface area contributed by atoms with Gasteiger partial charge in [0.15, 0.2) is 5.60 Å². The summed E-state index contributed by atoms with van der Waals surface area (Å²) in [6, 6.07) is 6.06. The van der Waals surface area contributed by atoms with Gasteiger partial charge in [-0.3, -0.25) is 14.4 Å². The van der Waals surface area contributed by atoms with Gasteiger partial charge in [0.1, 0.15) is 11.9 Å². The van der Waals surface area contributed by atoms with Gasteiger partial charge in [-0.15, -0.1) is 0 Å². The fourth-order valence-corrected chi connectivity index (χ4v) is 8.33. The Morgan fingerprint density at radius 1 is 0.969 bits per heavy atom. The maximum absolute atomic E-state index is 12.2. The molecule has 3 fully saturated rings. The Hall–Kier alpha value is -2.37. The Labute approximate surface area is 189 Å². The molecule has 0 radical (unpaired) electrons. The summed E-state index contributed by atoms with van der Waals surface area (Å²) in [5.41, 5.74) is 1.67. The second-order valence-electron chi connectivity index (χ2n) is 10.5. The van der Waals surface area contributed by atoms with Crippen LogP contribution in [0.5, 0.6) is 5.75 Å². The van der Waals surface area contributed by atoms with Crippen molar-refractivity contribution in [3.05, 3.63) is 29.3 Å². The first-order chi connectivity index (χ1) is 15.1. The average Bonchev–Trinajstić information content (AvgIpc) is 3.06. The van der Waals surface area contributed by atoms with Crippen molar-refractivity contribution in [2.75, 3.05) is 0 Å². The molecule has 0 amide bonds. The van der Waals surface area contributed by atoms with E-state index in [0.717, 1.165) is 44.9 Å². The van der Waals surface area contributed by atoms with Crippen molar-refractivity contribution in [2.45, 2.75) is 90.3 Å². The van der Waals surface area contributed by atoms with Crippen molar-refractivity contribution in [3.8, 4) is 5.75 Å². The predicted molar refractivity (Wildman–Crippen MR) is 116 cm³/mol. The molecule has 4 aliphatic rings. The lowest BCUT2D eigenvalue weighted by molar-refractivity contribution is -0.197. The SMILES string of the molecule is CC(=O)Oc1ccc2c(c1)CC[C@@H]1[C@@H]2CC[C@@]2(C)[C@]13CC[C@@]2(OC(C)=O)[C@@H](OC(C)=O)C3. The first-order valence-electron chi connectivity index (χ1n) is 11.8. The number of benzene rings is 1. The summed E-state index contributed by atoms with van der Waals surface area (Å²) in [4.78, 5) is 35.5. The minimum atomic E-state index is -0.727. The van der Waals surface area contributed by atoms with Crippen molar-refractivity contribution in [3.63, 3.8) is 0 Å². The fraction of sp³-hybridized carbons (Fsp3) is 0.654. The maximum atomic E-state index is 12.2. The smallest absolute Gasteiger partial charge is 0.308 e. The van der Waals surface area contributed by atoms with E-state index in [-0.39, 0.29) is 34.8 Å². The number of fused-ring (bicyclic) bond motifs is 3. The highest BCUT2D eigenvalue weighted by Crippen LogP contribution is 2.78. The lowest BCUT2D eigenvalue weighted by Crippen LogP contribution is -2.55. The summed E-state index contributed by atoms with van der Waals surface area (Å²) in [5, 5.41) is 0. The van der Waals surface area contributed by atoms with E-state index in [1.807, 2.05) is 12.1 Å². The number of hydrogen-bond acceptors (Lipinski definition) is 6. The number of carbonyl (C=O) groups excluding carboxylic acids is 3. The van der Waals surface area contributed by atoms with Gasteiger partial charge in [-0.25, -0.2) is 0 Å². The van der Waals surface area contributed by atoms with Gasteiger partial charge in [-0.05, 0) is 85.5 Å². The molecule has 32 heavy (non-hydrogen) atoms. The second-order valence-corrected chi connectivity index (χ2v) is 10.5. The quantitative estimate of drug-likeness (QED) is 0.510. The molecule has 0 aliphatic heterocycles. The van der Waals surface area contributed by atoms with Crippen LogP contribution in [0, 0.1) is 16.7 Å². The van der Waals surface area contributed by atoms with E-state index in [4.69, 9.17) is 14.2 Å². The number of hydrogen-bond donors (Lipinski definition) is 0. The molecule has 1 aromatic rings. The molecule has 6 nitrogen and oxygen atoms in total. The lowest BCUT2D eigenvalue weighted by Gasteiger charge is -2.56. The highest BCUT2D eigenvalue weighted by molar-refractivity contribution is 5.70. The zero-order valence-corrected chi connectivity index (χ0v) is 19.4. The van der Waals surface area contributed by atoms with Crippen LogP contribution in [-0.2, 0) is 30.3 Å². The van der Waals surface area contributed by atoms with Crippen LogP contribution >= 0.6 is 0 Å². The predicted octanol–water partition coefficient (Wildman–Crippen LogP) is 4.48. The van der Waals surface area contributed by atoms with Crippen LogP contribution in [0.3, 0.4) is 0 Å². The minimum Gasteiger partial charge on any atom is -0.458 e. The molecule has 0 spiro atoms. The van der Waals surface area contributed by atoms with Gasteiger partial charge < -0.3 is 14.2 Å². The molecule has 0 N–H and O–H groups in total. The van der Waals surface area contributed by atoms with E-state index in [9.17, 15) is 14.4 Å². The van der Waals surface area contributed by atoms with Gasteiger partial charge in [0.2, 0.25) is 0 Å². The number of esters is 3. The van der Waals surface area contributed by atoms with Gasteiger partial charge in [-0.2, -0.15) is 0 Å². The minimum absolute atomic E-state index is 0.0161. The molecule has 6 atom stereocenters. The fourth-order valence-electron chi connectivity index (χ4n) is 8.33. The molecule has 2 bridgehead atoms. The van der Waals surface area contributed by atoms with E-state index in [1.54, 1.807) is 0 Å². The van der Waals surface area contributed by atoms with Crippen LogP contribution in [0.1, 0.15) is 83.3 Å². The van der Waals surface area contributed by atoms with Crippen molar-refractivity contribution < 1.29 is 28.6 Å². The van der Waals surface area contributed by atoms with E-state index in [0.29, 0.717) is 17.6 Å². The molecule has 0 aromatic heterocycles. The van der Waals surface area contributed by atoms with E-state index >= 15 is 0 Å². The molecule has 0 heterocycles. The molecule has 4 aliphatic carbocycles. The van der Waals surface area contributed by atoms with Crippen LogP contribution in [0.15, 0.2) is 18.2 Å². The molecule has 172 valence electrons. The Bertz CT molecular complexity index is 1000. The summed E-state index contributed by atoms with van der Waals surface area (Å²) >= 11 is 0. The summed E-state index contributed by atoms with van der Waals surface area (Å²) in [6.07, 6.45) is 6.05. The Balaban J connectivity index is 1.53. The molecule has 3 saturated carbocycles. The van der Waals surface area contributed by atoms with Gasteiger partial charge >= 0.3 is 17.9 Å². The van der Waals surface area contributed by atoms with Crippen molar-refractivity contribution in [1.82, 2.24) is 0 Å². The Kier molecular flexibility index (Phi) is 4.74. The third kappa shape index (κ3) is 2.74. The normalized spacial score (nSPS) is 38.8. The van der Waals surface area contributed by atoms with E-state index < -0.39 is 5.60 Å². The molecule has 1 aromatic carbocycles. The first kappa shape index (κ1) is 21.5. The largest absolute Gasteiger partial charge is 0.458 e. The van der Waals surface area contributed by atoms with Gasteiger partial charge in [0.25, 0.3) is 0 Å². The summed E-state index contributed by atoms with van der Waals surface area (Å²) in [7, 11) is 0. The van der Waals surface area contributed by atoms with Crippen LogP contribution in [-0.4, -0.2) is 29.6 Å². The number of ether oxygens (including phenoxy) is 3. The van der Waals surface area contributed by atoms with Gasteiger partial charge in [0.05, 0.1) is 0 Å². The summed E-state index contributed by atoms with van der Waals surface area (Å²) in [6.45, 7) is 6.61. The van der Waals surface area contributed by atoms with Crippen LogP contribution in [0.2, 0.25) is 0 Å². The van der Waals surface area contributed by atoms with Gasteiger partial charge in [-0.1, -0.05) is 13.0 Å². The molecule has 0 unspecified atom stereocenters. The highest BCUT2D eigenvalue weighted by Gasteiger charge is 2.79. The molecule has 0 saturated heterocycles. The average molecular weight is 441 g/mol. The maximum Gasteiger partial charge on any atom is 0.308 e. The third-order valence-corrected chi connectivity index (χ3v) is 9.33. The zero-order chi connectivity index (χ0) is 22.9.